The van der Waals surface area contributed by atoms with Crippen LogP contribution in [0, 0.1) is 12.8 Å². The highest BCUT2D eigenvalue weighted by Crippen LogP contribution is 2.29. The van der Waals surface area contributed by atoms with Gasteiger partial charge in [0.25, 0.3) is 0 Å². The number of rotatable bonds is 2. The molecule has 0 bridgehead atoms. The number of fused-ring (bicyclic) bond motifs is 1. The second-order valence-electron chi connectivity index (χ2n) is 5.12. The van der Waals surface area contributed by atoms with Gasteiger partial charge in [0.15, 0.2) is 5.78 Å². The van der Waals surface area contributed by atoms with E-state index in [1.54, 1.807) is 0 Å². The second-order valence-corrected chi connectivity index (χ2v) is 5.12. The largest absolute Gasteiger partial charge is 0.294 e. The van der Waals surface area contributed by atoms with Crippen LogP contribution in [0.1, 0.15) is 27.0 Å². The first-order chi connectivity index (χ1) is 8.74. The Labute approximate surface area is 107 Å². The van der Waals surface area contributed by atoms with E-state index in [4.69, 9.17) is 0 Å². The third kappa shape index (κ3) is 1.97. The summed E-state index contributed by atoms with van der Waals surface area (Å²) < 4.78 is 0. The molecule has 0 heterocycles. The van der Waals surface area contributed by atoms with Crippen LogP contribution in [-0.4, -0.2) is 5.78 Å². The fraction of sp³-hybridized carbons (Fsp3) is 0.235. The fourth-order valence-corrected chi connectivity index (χ4v) is 2.81. The van der Waals surface area contributed by atoms with Crippen molar-refractivity contribution in [3.8, 4) is 0 Å². The van der Waals surface area contributed by atoms with Gasteiger partial charge in [-0.1, -0.05) is 54.1 Å². The molecule has 0 aromatic heterocycles. The van der Waals surface area contributed by atoms with Gasteiger partial charge in [-0.2, -0.15) is 0 Å². The topological polar surface area (TPSA) is 17.1 Å². The number of carbonyl (C=O) groups excluding carboxylic acids is 1. The zero-order valence-corrected chi connectivity index (χ0v) is 10.5. The van der Waals surface area contributed by atoms with Crippen molar-refractivity contribution in [2.45, 2.75) is 19.8 Å². The third-order valence-corrected chi connectivity index (χ3v) is 3.68. The van der Waals surface area contributed by atoms with Gasteiger partial charge in [0.05, 0.1) is 0 Å². The minimum absolute atomic E-state index is 0.129. The molecule has 0 amide bonds. The number of hydrogen-bond donors (Lipinski definition) is 0. The Hall–Kier alpha value is -1.89. The third-order valence-electron chi connectivity index (χ3n) is 3.68. The lowest BCUT2D eigenvalue weighted by atomic mass is 9.95. The van der Waals surface area contributed by atoms with Crippen molar-refractivity contribution in [2.24, 2.45) is 5.92 Å². The van der Waals surface area contributed by atoms with E-state index in [1.807, 2.05) is 18.2 Å². The summed E-state index contributed by atoms with van der Waals surface area (Å²) in [4.78, 5) is 12.3. The molecule has 0 fully saturated rings. The van der Waals surface area contributed by atoms with Crippen LogP contribution in [0.2, 0.25) is 0 Å². The van der Waals surface area contributed by atoms with Crippen LogP contribution >= 0.6 is 0 Å². The average molecular weight is 236 g/mol. The smallest absolute Gasteiger partial charge is 0.166 e. The zero-order chi connectivity index (χ0) is 12.5. The molecule has 1 nitrogen and oxygen atoms in total. The Bertz CT molecular complexity index is 598. The average Bonchev–Trinajstić information content (AvgIpc) is 2.67. The van der Waals surface area contributed by atoms with Crippen LogP contribution in [-0.2, 0) is 12.8 Å². The first kappa shape index (κ1) is 11.2. The molecule has 0 saturated carbocycles. The van der Waals surface area contributed by atoms with E-state index >= 15 is 0 Å². The van der Waals surface area contributed by atoms with E-state index in [0.29, 0.717) is 5.78 Å². The van der Waals surface area contributed by atoms with Gasteiger partial charge in [0, 0.05) is 11.5 Å². The lowest BCUT2D eigenvalue weighted by molar-refractivity contribution is 0.0936. The molecule has 18 heavy (non-hydrogen) atoms. The number of benzene rings is 2. The Morgan fingerprint density at radius 1 is 1.11 bits per heavy atom. The lowest BCUT2D eigenvalue weighted by Gasteiger charge is -2.08. The molecule has 0 aliphatic heterocycles. The number of carbonyl (C=O) groups is 1. The Kier molecular flexibility index (Phi) is 2.75. The Balaban J connectivity index is 1.83. The minimum Gasteiger partial charge on any atom is -0.294 e. The van der Waals surface area contributed by atoms with Crippen LogP contribution in [0.3, 0.4) is 0 Å². The molecule has 1 heteroatoms. The van der Waals surface area contributed by atoms with E-state index in [1.165, 1.54) is 16.7 Å². The zero-order valence-electron chi connectivity index (χ0n) is 10.5. The summed E-state index contributed by atoms with van der Waals surface area (Å²) in [6, 6.07) is 16.4. The van der Waals surface area contributed by atoms with E-state index in [-0.39, 0.29) is 5.92 Å². The highest BCUT2D eigenvalue weighted by molar-refractivity contribution is 6.02. The molecule has 0 spiro atoms. The highest BCUT2D eigenvalue weighted by atomic mass is 16.1. The summed E-state index contributed by atoms with van der Waals surface area (Å²) in [5.41, 5.74) is 4.66. The maximum Gasteiger partial charge on any atom is 0.166 e. The number of Topliss-reactive ketones (excluding diaryl/α,β-unsaturated/α-hetero) is 1. The summed E-state index contributed by atoms with van der Waals surface area (Å²) >= 11 is 0. The summed E-state index contributed by atoms with van der Waals surface area (Å²) in [7, 11) is 0. The van der Waals surface area contributed by atoms with Gasteiger partial charge in [-0.15, -0.1) is 0 Å². The second kappa shape index (κ2) is 4.41. The van der Waals surface area contributed by atoms with Crippen molar-refractivity contribution in [1.82, 2.24) is 0 Å². The number of hydrogen-bond acceptors (Lipinski definition) is 1. The number of aryl methyl sites for hydroxylation is 1. The standard InChI is InChI=1S/C17H16O/c1-12-5-4-6-13(9-12)10-15-11-14-7-2-3-8-16(14)17(15)18/h2-9,15H,10-11H2,1H3. The summed E-state index contributed by atoms with van der Waals surface area (Å²) in [6.45, 7) is 2.09. The number of ketones is 1. The van der Waals surface area contributed by atoms with Crippen molar-refractivity contribution < 1.29 is 4.79 Å². The molecule has 1 aliphatic carbocycles. The summed E-state index contributed by atoms with van der Waals surface area (Å²) in [5.74, 6) is 0.441. The van der Waals surface area contributed by atoms with Gasteiger partial charge in [0.2, 0.25) is 0 Å². The Morgan fingerprint density at radius 3 is 2.72 bits per heavy atom. The molecule has 1 aliphatic rings. The van der Waals surface area contributed by atoms with Gasteiger partial charge in [-0.25, -0.2) is 0 Å². The van der Waals surface area contributed by atoms with Crippen molar-refractivity contribution in [2.75, 3.05) is 0 Å². The van der Waals surface area contributed by atoms with E-state index in [0.717, 1.165) is 18.4 Å². The van der Waals surface area contributed by atoms with Crippen LogP contribution < -0.4 is 0 Å². The molecule has 0 radical (unpaired) electrons. The van der Waals surface area contributed by atoms with Crippen LogP contribution in [0.25, 0.3) is 0 Å². The van der Waals surface area contributed by atoms with E-state index < -0.39 is 0 Å². The molecule has 1 unspecified atom stereocenters. The molecular weight excluding hydrogens is 220 g/mol. The van der Waals surface area contributed by atoms with Gasteiger partial charge in [-0.3, -0.25) is 4.79 Å². The van der Waals surface area contributed by atoms with Gasteiger partial charge >= 0.3 is 0 Å². The quantitative estimate of drug-likeness (QED) is 0.778. The summed E-state index contributed by atoms with van der Waals surface area (Å²) in [6.07, 6.45) is 1.75. The molecule has 1 atom stereocenters. The first-order valence-corrected chi connectivity index (χ1v) is 6.42. The predicted octanol–water partition coefficient (Wildman–Crippen LogP) is 3.59. The maximum absolute atomic E-state index is 12.3. The van der Waals surface area contributed by atoms with Crippen LogP contribution in [0.4, 0.5) is 0 Å². The predicted molar refractivity (Wildman–Crippen MR) is 72.8 cm³/mol. The van der Waals surface area contributed by atoms with Crippen molar-refractivity contribution in [1.29, 1.82) is 0 Å². The maximum atomic E-state index is 12.3. The minimum atomic E-state index is 0.129. The monoisotopic (exact) mass is 236 g/mol. The van der Waals surface area contributed by atoms with Gasteiger partial charge < -0.3 is 0 Å². The van der Waals surface area contributed by atoms with E-state index in [9.17, 15) is 4.79 Å². The fourth-order valence-electron chi connectivity index (χ4n) is 2.81. The molecule has 0 saturated heterocycles. The van der Waals surface area contributed by atoms with Crippen LogP contribution in [0.15, 0.2) is 48.5 Å². The SMILES string of the molecule is Cc1cccc(CC2Cc3ccccc3C2=O)c1. The Morgan fingerprint density at radius 2 is 1.94 bits per heavy atom. The normalized spacial score (nSPS) is 17.8. The molecule has 2 aromatic carbocycles. The van der Waals surface area contributed by atoms with Crippen molar-refractivity contribution >= 4 is 5.78 Å². The summed E-state index contributed by atoms with van der Waals surface area (Å²) in [5, 5.41) is 0. The van der Waals surface area contributed by atoms with Crippen LogP contribution in [0.5, 0.6) is 0 Å². The highest BCUT2D eigenvalue weighted by Gasteiger charge is 2.29. The van der Waals surface area contributed by atoms with Crippen molar-refractivity contribution in [3.05, 3.63) is 70.8 Å². The van der Waals surface area contributed by atoms with Crippen molar-refractivity contribution in [3.63, 3.8) is 0 Å². The lowest BCUT2D eigenvalue weighted by Crippen LogP contribution is -2.12. The molecule has 3 rings (SSSR count). The van der Waals surface area contributed by atoms with Gasteiger partial charge in [-0.05, 0) is 30.9 Å². The molecule has 90 valence electrons. The molecular formula is C17H16O. The molecule has 0 N–H and O–H groups in total. The van der Waals surface area contributed by atoms with Gasteiger partial charge in [0.1, 0.15) is 0 Å². The molecule has 2 aromatic rings. The van der Waals surface area contributed by atoms with E-state index in [2.05, 4.69) is 37.3 Å². The first-order valence-electron chi connectivity index (χ1n) is 6.42.